The lowest BCUT2D eigenvalue weighted by molar-refractivity contribution is -0.0447. The molecule has 0 radical (unpaired) electrons. The summed E-state index contributed by atoms with van der Waals surface area (Å²) in [5.74, 6) is 0. The summed E-state index contributed by atoms with van der Waals surface area (Å²) in [6.45, 7) is -1.05. The SMILES string of the molecule is Nc1ccn([C@H]2C[C@H](O)[C@@H](COP(=O)(O)O)O2)c(=O)c1CO. The molecule has 22 heavy (non-hydrogen) atoms. The van der Waals surface area contributed by atoms with Crippen LogP contribution in [0.5, 0.6) is 0 Å². The molecule has 2 heterocycles. The second-order valence-corrected chi connectivity index (χ2v) is 6.08. The van der Waals surface area contributed by atoms with E-state index in [1.807, 2.05) is 0 Å². The van der Waals surface area contributed by atoms with Gasteiger partial charge in [0.25, 0.3) is 5.56 Å². The first-order valence-corrected chi connectivity index (χ1v) is 7.90. The van der Waals surface area contributed by atoms with Crippen molar-refractivity contribution in [2.45, 2.75) is 31.5 Å². The molecule has 0 spiro atoms. The van der Waals surface area contributed by atoms with E-state index in [9.17, 15) is 14.5 Å². The first-order valence-electron chi connectivity index (χ1n) is 6.37. The Labute approximate surface area is 124 Å². The van der Waals surface area contributed by atoms with Crippen LogP contribution in [0.4, 0.5) is 5.69 Å². The summed E-state index contributed by atoms with van der Waals surface area (Å²) in [6, 6.07) is 1.42. The van der Waals surface area contributed by atoms with Crippen molar-refractivity contribution in [2.24, 2.45) is 0 Å². The van der Waals surface area contributed by atoms with Gasteiger partial charge in [-0.3, -0.25) is 13.9 Å². The van der Waals surface area contributed by atoms with Crippen molar-refractivity contribution < 1.29 is 33.8 Å². The molecule has 1 aliphatic heterocycles. The van der Waals surface area contributed by atoms with Crippen LogP contribution in [-0.2, 0) is 20.4 Å². The third-order valence-electron chi connectivity index (χ3n) is 3.34. The number of nitrogens with zero attached hydrogens (tertiary/aromatic N) is 1. The van der Waals surface area contributed by atoms with Gasteiger partial charge in [0, 0.05) is 18.3 Å². The number of aromatic nitrogens is 1. The monoisotopic (exact) mass is 336 g/mol. The number of ether oxygens (including phenoxy) is 1. The van der Waals surface area contributed by atoms with Crippen molar-refractivity contribution in [3.63, 3.8) is 0 Å². The van der Waals surface area contributed by atoms with E-state index in [0.29, 0.717) is 0 Å². The summed E-state index contributed by atoms with van der Waals surface area (Å²) in [7, 11) is -4.67. The van der Waals surface area contributed by atoms with Crippen molar-refractivity contribution in [1.29, 1.82) is 0 Å². The maximum Gasteiger partial charge on any atom is 0.469 e. The lowest BCUT2D eigenvalue weighted by atomic mass is 10.2. The molecule has 0 unspecified atom stereocenters. The number of phosphoric acid groups is 1. The zero-order valence-electron chi connectivity index (χ0n) is 11.4. The van der Waals surface area contributed by atoms with Crippen molar-refractivity contribution in [1.82, 2.24) is 4.57 Å². The molecule has 0 saturated carbocycles. The fourth-order valence-corrected chi connectivity index (χ4v) is 2.54. The molecule has 1 fully saturated rings. The molecule has 6 N–H and O–H groups in total. The van der Waals surface area contributed by atoms with Crippen LogP contribution in [0.15, 0.2) is 17.1 Å². The summed E-state index contributed by atoms with van der Waals surface area (Å²) in [5, 5.41) is 19.0. The van der Waals surface area contributed by atoms with Crippen LogP contribution in [0, 0.1) is 0 Å². The third-order valence-corrected chi connectivity index (χ3v) is 3.82. The molecule has 10 nitrogen and oxygen atoms in total. The molecule has 1 aliphatic rings. The van der Waals surface area contributed by atoms with Crippen LogP contribution < -0.4 is 11.3 Å². The molecule has 3 atom stereocenters. The van der Waals surface area contributed by atoms with Crippen LogP contribution in [0.1, 0.15) is 18.2 Å². The molecule has 1 saturated heterocycles. The maximum absolute atomic E-state index is 12.1. The molecule has 124 valence electrons. The van der Waals surface area contributed by atoms with Gasteiger partial charge in [-0.2, -0.15) is 0 Å². The number of hydrogen-bond acceptors (Lipinski definition) is 7. The van der Waals surface area contributed by atoms with Crippen LogP contribution in [0.3, 0.4) is 0 Å². The maximum atomic E-state index is 12.1. The number of aliphatic hydroxyl groups excluding tert-OH is 2. The van der Waals surface area contributed by atoms with Crippen LogP contribution >= 0.6 is 7.82 Å². The number of phosphoric ester groups is 1. The molecule has 0 bridgehead atoms. The summed E-state index contributed by atoms with van der Waals surface area (Å²) in [4.78, 5) is 29.4. The molecule has 1 aromatic heterocycles. The second kappa shape index (κ2) is 6.47. The molecular formula is C11H17N2O8P. The largest absolute Gasteiger partial charge is 0.469 e. The molecule has 0 amide bonds. The average molecular weight is 336 g/mol. The zero-order valence-corrected chi connectivity index (χ0v) is 12.3. The summed E-state index contributed by atoms with van der Waals surface area (Å²) >= 11 is 0. The van der Waals surface area contributed by atoms with E-state index in [1.54, 1.807) is 0 Å². The number of anilines is 1. The summed E-state index contributed by atoms with van der Waals surface area (Å²) in [5.41, 5.74) is 5.17. The minimum atomic E-state index is -4.67. The van der Waals surface area contributed by atoms with Gasteiger partial charge in [-0.25, -0.2) is 4.57 Å². The molecule has 0 aliphatic carbocycles. The Morgan fingerprint density at radius 3 is 2.77 bits per heavy atom. The molecule has 11 heteroatoms. The Morgan fingerprint density at radius 2 is 2.18 bits per heavy atom. The van der Waals surface area contributed by atoms with E-state index in [1.165, 1.54) is 12.3 Å². The lowest BCUT2D eigenvalue weighted by Crippen LogP contribution is -2.29. The standard InChI is InChI=1S/C11H17N2O8P/c12-7-1-2-13(11(16)6(7)4-14)10-3-8(15)9(21-10)5-20-22(17,18)19/h1-2,8-10,14-15H,3-5,12H2,(H2,17,18,19)/t8-,9+,10+/m0/s1. The van der Waals surface area contributed by atoms with Gasteiger partial charge >= 0.3 is 7.82 Å². The van der Waals surface area contributed by atoms with Crippen molar-refractivity contribution in [3.05, 3.63) is 28.2 Å². The molecular weight excluding hydrogens is 319 g/mol. The van der Waals surface area contributed by atoms with Crippen LogP contribution in [0.2, 0.25) is 0 Å². The Kier molecular flexibility index (Phi) is 5.03. The van der Waals surface area contributed by atoms with E-state index in [-0.39, 0.29) is 17.7 Å². The van der Waals surface area contributed by atoms with Crippen molar-refractivity contribution in [3.8, 4) is 0 Å². The van der Waals surface area contributed by atoms with Gasteiger partial charge in [0.05, 0.1) is 24.9 Å². The highest BCUT2D eigenvalue weighted by molar-refractivity contribution is 7.46. The first-order chi connectivity index (χ1) is 10.2. The topological polar surface area (TPSA) is 164 Å². The van der Waals surface area contributed by atoms with E-state index in [4.69, 9.17) is 25.4 Å². The number of rotatable bonds is 5. The van der Waals surface area contributed by atoms with Gasteiger partial charge in [-0.1, -0.05) is 0 Å². The van der Waals surface area contributed by atoms with Gasteiger partial charge in [-0.15, -0.1) is 0 Å². The fraction of sp³-hybridized carbons (Fsp3) is 0.545. The quantitative estimate of drug-likeness (QED) is 0.410. The highest BCUT2D eigenvalue weighted by Crippen LogP contribution is 2.38. The molecule has 1 aromatic rings. The Balaban J connectivity index is 2.16. The van der Waals surface area contributed by atoms with Crippen LogP contribution in [-0.4, -0.2) is 43.4 Å². The minimum absolute atomic E-state index is 0.00973. The third kappa shape index (κ3) is 3.73. The normalized spacial score (nSPS) is 25.5. The zero-order chi connectivity index (χ0) is 16.5. The van der Waals surface area contributed by atoms with E-state index >= 15 is 0 Å². The highest BCUT2D eigenvalue weighted by Gasteiger charge is 2.37. The van der Waals surface area contributed by atoms with Gasteiger partial charge in [0.2, 0.25) is 0 Å². The van der Waals surface area contributed by atoms with Crippen molar-refractivity contribution >= 4 is 13.5 Å². The summed E-state index contributed by atoms with van der Waals surface area (Å²) < 4.78 is 21.5. The number of pyridine rings is 1. The van der Waals surface area contributed by atoms with Crippen LogP contribution in [0.25, 0.3) is 0 Å². The second-order valence-electron chi connectivity index (χ2n) is 4.84. The fourth-order valence-electron chi connectivity index (χ4n) is 2.20. The Hall–Kier alpha value is -1.26. The highest BCUT2D eigenvalue weighted by atomic mass is 31.2. The van der Waals surface area contributed by atoms with Gasteiger partial charge in [0.1, 0.15) is 12.3 Å². The number of nitrogens with two attached hydrogens (primary N) is 1. The molecule has 2 rings (SSSR count). The number of aliphatic hydroxyl groups is 2. The smallest absolute Gasteiger partial charge is 0.398 e. The number of nitrogen functional groups attached to an aromatic ring is 1. The van der Waals surface area contributed by atoms with E-state index < -0.39 is 45.0 Å². The first kappa shape index (κ1) is 17.1. The van der Waals surface area contributed by atoms with Crippen molar-refractivity contribution in [2.75, 3.05) is 12.3 Å². The molecule has 0 aromatic carbocycles. The van der Waals surface area contributed by atoms with Gasteiger partial charge < -0.3 is 30.5 Å². The predicted molar refractivity (Wildman–Crippen MR) is 73.6 cm³/mol. The van der Waals surface area contributed by atoms with E-state index in [2.05, 4.69) is 4.52 Å². The number of hydrogen-bond donors (Lipinski definition) is 5. The van der Waals surface area contributed by atoms with Gasteiger partial charge in [0.15, 0.2) is 0 Å². The Bertz CT molecular complexity index is 641. The summed E-state index contributed by atoms with van der Waals surface area (Å²) in [6.07, 6.45) is -1.50. The average Bonchev–Trinajstić information content (AvgIpc) is 2.77. The van der Waals surface area contributed by atoms with Gasteiger partial charge in [-0.05, 0) is 6.07 Å². The Morgan fingerprint density at radius 1 is 1.50 bits per heavy atom. The predicted octanol–water partition coefficient (Wildman–Crippen LogP) is -1.32. The minimum Gasteiger partial charge on any atom is -0.398 e. The van der Waals surface area contributed by atoms with E-state index in [0.717, 1.165) is 4.57 Å². The lowest BCUT2D eigenvalue weighted by Gasteiger charge is -2.17.